The minimum atomic E-state index is -0.0316. The number of aromatic nitrogens is 2. The van der Waals surface area contributed by atoms with Crippen molar-refractivity contribution in [2.45, 2.75) is 34.3 Å². The van der Waals surface area contributed by atoms with Crippen molar-refractivity contribution in [3.05, 3.63) is 115 Å². The second-order valence-corrected chi connectivity index (χ2v) is 9.06. The summed E-state index contributed by atoms with van der Waals surface area (Å²) in [6.45, 7) is 7.32. The molecule has 0 amide bonds. The number of carbonyl (C=O) groups is 1. The van der Waals surface area contributed by atoms with Crippen LogP contribution in [-0.4, -0.2) is 33.1 Å². The maximum Gasteiger partial charge on any atom is 0.161 e. The molecule has 2 N–H and O–H groups in total. The van der Waals surface area contributed by atoms with E-state index in [1.165, 1.54) is 6.08 Å². The van der Waals surface area contributed by atoms with Crippen molar-refractivity contribution in [3.63, 3.8) is 0 Å². The summed E-state index contributed by atoms with van der Waals surface area (Å²) in [5.41, 5.74) is 4.32. The zero-order chi connectivity index (χ0) is 28.6. The van der Waals surface area contributed by atoms with Crippen LogP contribution in [0.25, 0.3) is 22.5 Å². The van der Waals surface area contributed by atoms with Gasteiger partial charge in [0.05, 0.1) is 19.5 Å². The van der Waals surface area contributed by atoms with Gasteiger partial charge in [-0.25, -0.2) is 0 Å². The number of rotatable bonds is 7. The Morgan fingerprint density at radius 3 is 1.88 bits per heavy atom. The number of allylic oxidation sites excluding steroid dienone is 2. The Morgan fingerprint density at radius 1 is 0.850 bits per heavy atom. The zero-order valence-electron chi connectivity index (χ0n) is 23.5. The Labute approximate surface area is 251 Å². The minimum Gasteiger partial charge on any atom is -0.512 e. The predicted octanol–water partition coefficient (Wildman–Crippen LogP) is 6.91. The standard InChI is InChI=1S/2C12H10NO.C9H16O2.Ir/c1-14-11-8-5-9-13-12(11)10-6-3-2-4-7-10;14-9-11-7-4-8-13-12(11)10-5-2-1-3-6-10;1-6(2)8(10)5-9(11)7(3)4;/h2-6,8-9H,1H3;1-5,7-8,14H,9H2;5-7,10H,1-4H3;/q2*-1;;/b;;8-5-;. The number of aliphatic hydroxyl groups is 2. The van der Waals surface area contributed by atoms with Crippen LogP contribution in [0.15, 0.2) is 97.0 Å². The number of aliphatic hydroxyl groups excluding tert-OH is 2. The van der Waals surface area contributed by atoms with Crippen molar-refractivity contribution in [1.82, 2.24) is 9.97 Å². The van der Waals surface area contributed by atoms with E-state index in [1.54, 1.807) is 19.5 Å². The van der Waals surface area contributed by atoms with Gasteiger partial charge in [-0.1, -0.05) is 33.8 Å². The molecule has 0 aliphatic rings. The molecule has 0 spiro atoms. The molecule has 0 aliphatic heterocycles. The summed E-state index contributed by atoms with van der Waals surface area (Å²) in [4.78, 5) is 19.5. The number of ketones is 1. The van der Waals surface area contributed by atoms with Crippen LogP contribution in [0.5, 0.6) is 5.75 Å². The van der Waals surface area contributed by atoms with E-state index in [0.29, 0.717) is 0 Å². The maximum absolute atomic E-state index is 11.0. The summed E-state index contributed by atoms with van der Waals surface area (Å²) in [6.07, 6.45) is 4.78. The van der Waals surface area contributed by atoms with Gasteiger partial charge in [0.25, 0.3) is 0 Å². The molecule has 2 aromatic carbocycles. The fourth-order valence-corrected chi connectivity index (χ4v) is 3.13. The summed E-state index contributed by atoms with van der Waals surface area (Å²) in [7, 11) is 1.64. The van der Waals surface area contributed by atoms with Gasteiger partial charge in [0.15, 0.2) is 5.78 Å². The average Bonchev–Trinajstić information content (AvgIpc) is 2.98. The van der Waals surface area contributed by atoms with Gasteiger partial charge in [-0.3, -0.25) is 4.79 Å². The minimum absolute atomic E-state index is 0. The monoisotopic (exact) mass is 717 g/mol. The van der Waals surface area contributed by atoms with E-state index < -0.39 is 0 Å². The quantitative estimate of drug-likeness (QED) is 0.123. The molecule has 4 aromatic rings. The molecule has 0 unspecified atom stereocenters. The molecule has 6 nitrogen and oxygen atoms in total. The summed E-state index contributed by atoms with van der Waals surface area (Å²) in [5.74, 6) is 0.934. The number of carbonyl (C=O) groups excluding carboxylic acids is 1. The Morgan fingerprint density at radius 2 is 1.40 bits per heavy atom. The molecule has 7 heteroatoms. The Kier molecular flexibility index (Phi) is 16.0. The second-order valence-electron chi connectivity index (χ2n) is 9.06. The Hall–Kier alpha value is -3.64. The van der Waals surface area contributed by atoms with E-state index in [9.17, 15) is 9.90 Å². The van der Waals surface area contributed by atoms with E-state index in [0.717, 1.165) is 33.8 Å². The topological polar surface area (TPSA) is 92.5 Å². The molecule has 0 fully saturated rings. The van der Waals surface area contributed by atoms with Gasteiger partial charge in [0.2, 0.25) is 0 Å². The second kappa shape index (κ2) is 18.6. The fourth-order valence-electron chi connectivity index (χ4n) is 3.13. The van der Waals surface area contributed by atoms with E-state index in [-0.39, 0.29) is 50.1 Å². The SMILES string of the molecule is CC(C)C(=O)/C=C(\O)C(C)C.COc1cccnc1-c1[c-]cccc1.OCc1cccnc1-c1[c-]cccc1.[Ir]. The fraction of sp³-hybridized carbons (Fsp3) is 0.242. The van der Waals surface area contributed by atoms with Crippen LogP contribution >= 0.6 is 0 Å². The third kappa shape index (κ3) is 11.2. The normalized spacial score (nSPS) is 10.4. The van der Waals surface area contributed by atoms with Crippen LogP contribution < -0.4 is 4.74 Å². The molecular formula is C33H36IrN2O4-2. The number of hydrogen-bond acceptors (Lipinski definition) is 6. The maximum atomic E-state index is 11.0. The molecule has 1 radical (unpaired) electrons. The molecule has 0 saturated heterocycles. The molecule has 0 bridgehead atoms. The van der Waals surface area contributed by atoms with Crippen molar-refractivity contribution >= 4 is 5.78 Å². The molecular weight excluding hydrogens is 681 g/mol. The number of pyridine rings is 2. The number of hydrogen-bond donors (Lipinski definition) is 2. The van der Waals surface area contributed by atoms with E-state index in [1.807, 2.05) is 100 Å². The molecule has 2 heterocycles. The summed E-state index contributed by atoms with van der Waals surface area (Å²) < 4.78 is 5.22. The summed E-state index contributed by atoms with van der Waals surface area (Å²) in [5, 5.41) is 18.3. The Balaban J connectivity index is 0.000000300. The van der Waals surface area contributed by atoms with Crippen LogP contribution in [0.1, 0.15) is 33.3 Å². The number of nitrogens with zero attached hydrogens (tertiary/aromatic N) is 2. The third-order valence-electron chi connectivity index (χ3n) is 5.43. The first kappa shape index (κ1) is 34.4. The van der Waals surface area contributed by atoms with Crippen LogP contribution in [0.3, 0.4) is 0 Å². The van der Waals surface area contributed by atoms with Crippen LogP contribution in [-0.2, 0) is 31.5 Å². The van der Waals surface area contributed by atoms with Gasteiger partial charge < -0.3 is 24.9 Å². The van der Waals surface area contributed by atoms with Crippen molar-refractivity contribution in [1.29, 1.82) is 0 Å². The van der Waals surface area contributed by atoms with Gasteiger partial charge in [-0.2, -0.15) is 0 Å². The first-order valence-electron chi connectivity index (χ1n) is 12.7. The van der Waals surface area contributed by atoms with E-state index >= 15 is 0 Å². The summed E-state index contributed by atoms with van der Waals surface area (Å²) in [6, 6.07) is 29.0. The van der Waals surface area contributed by atoms with Crippen molar-refractivity contribution in [2.24, 2.45) is 11.8 Å². The van der Waals surface area contributed by atoms with Crippen molar-refractivity contribution in [2.75, 3.05) is 7.11 Å². The Bertz CT molecular complexity index is 1230. The predicted molar refractivity (Wildman–Crippen MR) is 155 cm³/mol. The van der Waals surface area contributed by atoms with Crippen molar-refractivity contribution in [3.8, 4) is 28.3 Å². The zero-order valence-corrected chi connectivity index (χ0v) is 25.9. The number of ether oxygens (including phenoxy) is 1. The molecule has 40 heavy (non-hydrogen) atoms. The van der Waals surface area contributed by atoms with E-state index in [4.69, 9.17) is 9.84 Å². The van der Waals surface area contributed by atoms with Gasteiger partial charge in [0.1, 0.15) is 5.75 Å². The van der Waals surface area contributed by atoms with Crippen LogP contribution in [0.2, 0.25) is 0 Å². The number of benzene rings is 2. The van der Waals surface area contributed by atoms with Crippen LogP contribution in [0, 0.1) is 24.0 Å². The molecule has 2 aromatic heterocycles. The molecule has 0 saturated carbocycles. The van der Waals surface area contributed by atoms with Crippen LogP contribution in [0.4, 0.5) is 0 Å². The first-order chi connectivity index (χ1) is 18.8. The van der Waals surface area contributed by atoms with Gasteiger partial charge in [-0.15, -0.1) is 71.8 Å². The van der Waals surface area contributed by atoms with E-state index in [2.05, 4.69) is 22.1 Å². The molecule has 0 atom stereocenters. The largest absolute Gasteiger partial charge is 0.512 e. The average molecular weight is 717 g/mol. The molecule has 0 aliphatic carbocycles. The third-order valence-corrected chi connectivity index (χ3v) is 5.43. The van der Waals surface area contributed by atoms with Crippen molar-refractivity contribution < 1.29 is 39.8 Å². The summed E-state index contributed by atoms with van der Waals surface area (Å²) >= 11 is 0. The molecule has 213 valence electrons. The smallest absolute Gasteiger partial charge is 0.161 e. The van der Waals surface area contributed by atoms with Gasteiger partial charge >= 0.3 is 0 Å². The van der Waals surface area contributed by atoms with Gasteiger partial charge in [-0.05, 0) is 29.5 Å². The first-order valence-corrected chi connectivity index (χ1v) is 12.7. The van der Waals surface area contributed by atoms with Gasteiger partial charge in [0, 0.05) is 56.1 Å². The number of methoxy groups -OCH3 is 1. The molecule has 4 rings (SSSR count).